The highest BCUT2D eigenvalue weighted by Crippen LogP contribution is 2.24. The molecule has 1 saturated heterocycles. The Labute approximate surface area is 185 Å². The molecule has 174 valence electrons. The number of hydrogen-bond acceptors (Lipinski definition) is 4. The zero-order valence-electron chi connectivity index (χ0n) is 20.0. The number of rotatable bonds is 15. The molecule has 0 aromatic heterocycles. The molecule has 0 N–H and O–H groups in total. The second-order valence-corrected chi connectivity index (χ2v) is 9.61. The number of unbranched alkanes of at least 4 members (excludes halogenated alkanes) is 9. The number of carbonyl (C=O) groups excluding carboxylic acids is 1. The van der Waals surface area contributed by atoms with E-state index in [1.165, 1.54) is 77.0 Å². The van der Waals surface area contributed by atoms with Gasteiger partial charge >= 0.3 is 0 Å². The molecule has 0 amide bonds. The first-order valence-electron chi connectivity index (χ1n) is 12.9. The number of carbonyl (C=O) groups is 1. The predicted molar refractivity (Wildman–Crippen MR) is 125 cm³/mol. The fourth-order valence-electron chi connectivity index (χ4n) is 4.50. The number of nitrogens with zero attached hydrogens (tertiary/aromatic N) is 1. The van der Waals surface area contributed by atoms with Crippen molar-refractivity contribution in [2.75, 3.05) is 26.2 Å². The van der Waals surface area contributed by atoms with Crippen molar-refractivity contribution >= 4 is 5.78 Å². The van der Waals surface area contributed by atoms with Crippen molar-refractivity contribution in [3.63, 3.8) is 0 Å². The van der Waals surface area contributed by atoms with Crippen LogP contribution < -0.4 is 0 Å². The van der Waals surface area contributed by atoms with Gasteiger partial charge in [-0.25, -0.2) is 0 Å². The van der Waals surface area contributed by atoms with Crippen molar-refractivity contribution in [2.24, 2.45) is 5.92 Å². The van der Waals surface area contributed by atoms with Crippen LogP contribution in [0.5, 0.6) is 0 Å². The van der Waals surface area contributed by atoms with Crippen molar-refractivity contribution in [1.82, 2.24) is 4.90 Å². The standard InChI is InChI=1S/C26H47NO3/c1-4-5-6-7-8-9-10-11-12-16-19-29-24-20-23(21-27-17-14-13-15-18-27)25(28)26(30-24)22(2)3/h20,22,24,26H,4-19,21H2,1-3H3. The van der Waals surface area contributed by atoms with Crippen LogP contribution in [0.3, 0.4) is 0 Å². The van der Waals surface area contributed by atoms with Crippen LogP contribution in [0.15, 0.2) is 11.6 Å². The summed E-state index contributed by atoms with van der Waals surface area (Å²) in [5.74, 6) is 0.334. The summed E-state index contributed by atoms with van der Waals surface area (Å²) >= 11 is 0. The Morgan fingerprint density at radius 3 is 2.17 bits per heavy atom. The van der Waals surface area contributed by atoms with E-state index in [2.05, 4.69) is 25.7 Å². The topological polar surface area (TPSA) is 38.8 Å². The molecule has 0 spiro atoms. The molecule has 2 unspecified atom stereocenters. The molecule has 2 rings (SSSR count). The van der Waals surface area contributed by atoms with Gasteiger partial charge in [-0.2, -0.15) is 0 Å². The zero-order valence-corrected chi connectivity index (χ0v) is 20.0. The average molecular weight is 422 g/mol. The third kappa shape index (κ3) is 9.62. The lowest BCUT2D eigenvalue weighted by molar-refractivity contribution is -0.171. The Morgan fingerprint density at radius 2 is 1.57 bits per heavy atom. The lowest BCUT2D eigenvalue weighted by Crippen LogP contribution is -2.43. The van der Waals surface area contributed by atoms with Gasteiger partial charge in [0.15, 0.2) is 12.1 Å². The first-order valence-corrected chi connectivity index (χ1v) is 12.9. The van der Waals surface area contributed by atoms with Crippen LogP contribution in [0, 0.1) is 5.92 Å². The van der Waals surface area contributed by atoms with Gasteiger partial charge in [-0.05, 0) is 44.3 Å². The van der Waals surface area contributed by atoms with Gasteiger partial charge in [0.05, 0.1) is 6.61 Å². The summed E-state index contributed by atoms with van der Waals surface area (Å²) in [5, 5.41) is 0. The summed E-state index contributed by atoms with van der Waals surface area (Å²) in [6.45, 7) is 10.1. The van der Waals surface area contributed by atoms with Crippen LogP contribution in [0.2, 0.25) is 0 Å². The van der Waals surface area contributed by atoms with Crippen molar-refractivity contribution < 1.29 is 14.3 Å². The first-order chi connectivity index (χ1) is 14.6. The smallest absolute Gasteiger partial charge is 0.189 e. The fraction of sp³-hybridized carbons (Fsp3) is 0.885. The minimum atomic E-state index is -0.368. The van der Waals surface area contributed by atoms with Gasteiger partial charge in [-0.15, -0.1) is 0 Å². The van der Waals surface area contributed by atoms with Crippen LogP contribution in [0.25, 0.3) is 0 Å². The van der Waals surface area contributed by atoms with E-state index in [1.54, 1.807) is 0 Å². The first kappa shape index (κ1) is 25.5. The maximum Gasteiger partial charge on any atom is 0.189 e. The summed E-state index contributed by atoms with van der Waals surface area (Å²) in [5.41, 5.74) is 0.898. The van der Waals surface area contributed by atoms with Crippen LogP contribution in [-0.2, 0) is 14.3 Å². The Hall–Kier alpha value is -0.710. The second-order valence-electron chi connectivity index (χ2n) is 9.61. The molecule has 0 aromatic carbocycles. The zero-order chi connectivity index (χ0) is 21.6. The van der Waals surface area contributed by atoms with Gasteiger partial charge in [-0.1, -0.05) is 85.0 Å². The third-order valence-electron chi connectivity index (χ3n) is 6.42. The Kier molecular flexibility index (Phi) is 12.9. The summed E-state index contributed by atoms with van der Waals surface area (Å²) in [4.78, 5) is 15.3. The molecular weight excluding hydrogens is 374 g/mol. The molecule has 2 heterocycles. The quantitative estimate of drug-likeness (QED) is 0.291. The van der Waals surface area contributed by atoms with Gasteiger partial charge in [0, 0.05) is 12.1 Å². The second kappa shape index (κ2) is 15.2. The number of ketones is 1. The monoisotopic (exact) mass is 421 g/mol. The van der Waals surface area contributed by atoms with Gasteiger partial charge < -0.3 is 9.47 Å². The molecule has 0 saturated carbocycles. The van der Waals surface area contributed by atoms with Crippen LogP contribution >= 0.6 is 0 Å². The maximum absolute atomic E-state index is 12.9. The molecule has 4 nitrogen and oxygen atoms in total. The van der Waals surface area contributed by atoms with Crippen molar-refractivity contribution in [2.45, 2.75) is 117 Å². The van der Waals surface area contributed by atoms with Crippen LogP contribution in [0.1, 0.15) is 104 Å². The third-order valence-corrected chi connectivity index (χ3v) is 6.42. The van der Waals surface area contributed by atoms with E-state index < -0.39 is 0 Å². The number of likely N-dealkylation sites (tertiary alicyclic amines) is 1. The molecule has 1 fully saturated rings. The van der Waals surface area contributed by atoms with Gasteiger partial charge in [-0.3, -0.25) is 9.69 Å². The predicted octanol–water partition coefficient (Wildman–Crippen LogP) is 6.29. The summed E-state index contributed by atoms with van der Waals surface area (Å²) in [6, 6.07) is 0. The maximum atomic E-state index is 12.9. The van der Waals surface area contributed by atoms with E-state index in [-0.39, 0.29) is 24.1 Å². The number of hydrogen-bond donors (Lipinski definition) is 0. The minimum Gasteiger partial charge on any atom is -0.349 e. The van der Waals surface area contributed by atoms with Gasteiger partial charge in [0.1, 0.15) is 6.10 Å². The minimum absolute atomic E-state index is 0.161. The van der Waals surface area contributed by atoms with Gasteiger partial charge in [0.2, 0.25) is 0 Å². The van der Waals surface area contributed by atoms with E-state index in [0.29, 0.717) is 6.61 Å². The van der Waals surface area contributed by atoms with E-state index in [1.807, 2.05) is 6.08 Å². The van der Waals surface area contributed by atoms with Crippen molar-refractivity contribution in [3.05, 3.63) is 11.6 Å². The Balaban J connectivity index is 1.67. The number of ether oxygens (including phenoxy) is 2. The SMILES string of the molecule is CCCCCCCCCCCCOC1C=C(CN2CCCCC2)C(=O)C(C(C)C)O1. The normalized spacial score (nSPS) is 23.2. The molecule has 0 bridgehead atoms. The lowest BCUT2D eigenvalue weighted by Gasteiger charge is -2.33. The highest BCUT2D eigenvalue weighted by Gasteiger charge is 2.34. The summed E-state index contributed by atoms with van der Waals surface area (Å²) < 4.78 is 12.0. The number of piperidine rings is 1. The highest BCUT2D eigenvalue weighted by atomic mass is 16.7. The fourth-order valence-corrected chi connectivity index (χ4v) is 4.50. The molecular formula is C26H47NO3. The van der Waals surface area contributed by atoms with Crippen molar-refractivity contribution in [1.29, 1.82) is 0 Å². The lowest BCUT2D eigenvalue weighted by atomic mass is 9.94. The van der Waals surface area contributed by atoms with E-state index in [4.69, 9.17) is 9.47 Å². The molecule has 4 heteroatoms. The molecule has 2 aliphatic heterocycles. The van der Waals surface area contributed by atoms with Crippen molar-refractivity contribution in [3.8, 4) is 0 Å². The Bertz CT molecular complexity index is 497. The van der Waals surface area contributed by atoms with E-state index in [0.717, 1.165) is 31.6 Å². The molecule has 0 aromatic rings. The summed E-state index contributed by atoms with van der Waals surface area (Å²) in [7, 11) is 0. The Morgan fingerprint density at radius 1 is 0.967 bits per heavy atom. The highest BCUT2D eigenvalue weighted by molar-refractivity contribution is 6.00. The molecule has 2 atom stereocenters. The number of Topliss-reactive ketones (excluding diaryl/α,β-unsaturated/α-hetero) is 1. The van der Waals surface area contributed by atoms with Crippen LogP contribution in [-0.4, -0.2) is 49.3 Å². The van der Waals surface area contributed by atoms with Crippen LogP contribution in [0.4, 0.5) is 0 Å². The molecule has 0 radical (unpaired) electrons. The van der Waals surface area contributed by atoms with E-state index in [9.17, 15) is 4.79 Å². The largest absolute Gasteiger partial charge is 0.349 e. The molecule has 30 heavy (non-hydrogen) atoms. The summed E-state index contributed by atoms with van der Waals surface area (Å²) in [6.07, 6.45) is 18.2. The van der Waals surface area contributed by atoms with Gasteiger partial charge in [0.25, 0.3) is 0 Å². The molecule has 0 aliphatic carbocycles. The molecule has 2 aliphatic rings. The van der Waals surface area contributed by atoms with E-state index >= 15 is 0 Å². The average Bonchev–Trinajstić information content (AvgIpc) is 2.74.